The van der Waals surface area contributed by atoms with E-state index in [-0.39, 0.29) is 17.7 Å². The van der Waals surface area contributed by atoms with Crippen molar-refractivity contribution in [2.45, 2.75) is 19.4 Å². The highest BCUT2D eigenvalue weighted by Gasteiger charge is 2.32. The Morgan fingerprint density at radius 3 is 2.68 bits per heavy atom. The summed E-state index contributed by atoms with van der Waals surface area (Å²) < 4.78 is 0. The number of aromatic hydroxyl groups is 1. The van der Waals surface area contributed by atoms with Crippen molar-refractivity contribution in [2.24, 2.45) is 5.10 Å². The van der Waals surface area contributed by atoms with Crippen molar-refractivity contribution in [1.82, 2.24) is 5.01 Å². The third-order valence-electron chi connectivity index (χ3n) is 3.69. The molecule has 1 aliphatic heterocycles. The molecule has 0 saturated carbocycles. The average Bonchev–Trinajstić information content (AvgIpc) is 2.96. The molecular weight excluding hydrogens is 300 g/mol. The number of amides is 1. The molecule has 0 aromatic heterocycles. The second-order valence-electron chi connectivity index (χ2n) is 5.20. The van der Waals surface area contributed by atoms with Gasteiger partial charge >= 0.3 is 0 Å². The second-order valence-corrected chi connectivity index (χ2v) is 5.64. The molecule has 2 aromatic carbocycles. The van der Waals surface area contributed by atoms with Crippen LogP contribution in [0, 0.1) is 0 Å². The van der Waals surface area contributed by atoms with Crippen molar-refractivity contribution in [1.29, 1.82) is 0 Å². The van der Waals surface area contributed by atoms with Crippen molar-refractivity contribution in [2.75, 3.05) is 0 Å². The van der Waals surface area contributed by atoms with Crippen LogP contribution >= 0.6 is 11.6 Å². The highest BCUT2D eigenvalue weighted by atomic mass is 35.5. The van der Waals surface area contributed by atoms with Gasteiger partial charge in [0.1, 0.15) is 5.75 Å². The van der Waals surface area contributed by atoms with Crippen molar-refractivity contribution in [3.63, 3.8) is 0 Å². The van der Waals surface area contributed by atoms with Crippen LogP contribution in [0.1, 0.15) is 30.5 Å². The van der Waals surface area contributed by atoms with E-state index in [1.54, 1.807) is 12.1 Å². The Balaban J connectivity index is 2.00. The number of phenols is 1. The van der Waals surface area contributed by atoms with E-state index in [0.29, 0.717) is 22.7 Å². The third kappa shape index (κ3) is 2.70. The molecule has 3 rings (SSSR count). The van der Waals surface area contributed by atoms with Gasteiger partial charge in [0, 0.05) is 23.9 Å². The van der Waals surface area contributed by atoms with Crippen LogP contribution in [0.4, 0.5) is 0 Å². The Morgan fingerprint density at radius 2 is 2.00 bits per heavy atom. The normalized spacial score (nSPS) is 17.5. The predicted octanol–water partition coefficient (Wildman–Crippen LogP) is 3.74. The van der Waals surface area contributed by atoms with Crippen LogP contribution in [-0.2, 0) is 4.79 Å². The molecule has 0 fully saturated rings. The zero-order chi connectivity index (χ0) is 15.7. The first kappa shape index (κ1) is 14.6. The van der Waals surface area contributed by atoms with Crippen LogP contribution in [0.5, 0.6) is 5.75 Å². The zero-order valence-corrected chi connectivity index (χ0v) is 12.8. The molecule has 1 amide bonds. The van der Waals surface area contributed by atoms with Crippen molar-refractivity contribution in [3.8, 4) is 5.75 Å². The fourth-order valence-corrected chi connectivity index (χ4v) is 2.81. The summed E-state index contributed by atoms with van der Waals surface area (Å²) in [6.45, 7) is 1.49. The summed E-state index contributed by atoms with van der Waals surface area (Å²) in [6, 6.07) is 14.4. The largest absolute Gasteiger partial charge is 0.507 e. The quantitative estimate of drug-likeness (QED) is 0.918. The standard InChI is InChI=1S/C17H15ClN2O2/c1-11(21)20-16(12-5-3-2-4-6-12)10-15(19-20)14-9-13(18)7-8-17(14)22/h2-9,16,22H,10H2,1H3/t16-/m1/s1. The monoisotopic (exact) mass is 314 g/mol. The molecule has 1 atom stereocenters. The number of carbonyl (C=O) groups is 1. The zero-order valence-electron chi connectivity index (χ0n) is 12.0. The molecule has 0 spiro atoms. The molecule has 1 aliphatic rings. The highest BCUT2D eigenvalue weighted by molar-refractivity contribution is 6.31. The summed E-state index contributed by atoms with van der Waals surface area (Å²) in [5.41, 5.74) is 2.24. The minimum absolute atomic E-state index is 0.111. The molecule has 1 N–H and O–H groups in total. The topological polar surface area (TPSA) is 52.9 Å². The van der Waals surface area contributed by atoms with Crippen LogP contribution in [0.2, 0.25) is 5.02 Å². The highest BCUT2D eigenvalue weighted by Crippen LogP contribution is 2.35. The Kier molecular flexibility index (Phi) is 3.86. The molecule has 0 aliphatic carbocycles. The molecule has 0 bridgehead atoms. The van der Waals surface area contributed by atoms with E-state index in [2.05, 4.69) is 5.10 Å². The Hall–Kier alpha value is -2.33. The van der Waals surface area contributed by atoms with Crippen LogP contribution < -0.4 is 0 Å². The van der Waals surface area contributed by atoms with Gasteiger partial charge in [-0.3, -0.25) is 4.79 Å². The Labute approximate surface area is 133 Å². The number of hydrogen-bond donors (Lipinski definition) is 1. The summed E-state index contributed by atoms with van der Waals surface area (Å²) in [5, 5.41) is 16.4. The molecule has 4 nitrogen and oxygen atoms in total. The molecular formula is C17H15ClN2O2. The number of hydrazone groups is 1. The fourth-order valence-electron chi connectivity index (χ4n) is 2.64. The van der Waals surface area contributed by atoms with Gasteiger partial charge in [-0.05, 0) is 23.8 Å². The molecule has 0 radical (unpaired) electrons. The van der Waals surface area contributed by atoms with E-state index in [4.69, 9.17) is 11.6 Å². The number of benzene rings is 2. The van der Waals surface area contributed by atoms with Crippen LogP contribution in [0.3, 0.4) is 0 Å². The van der Waals surface area contributed by atoms with Gasteiger partial charge in [0.05, 0.1) is 11.8 Å². The summed E-state index contributed by atoms with van der Waals surface area (Å²) in [7, 11) is 0. The first-order valence-corrected chi connectivity index (χ1v) is 7.35. The lowest BCUT2D eigenvalue weighted by Crippen LogP contribution is -2.24. The minimum atomic E-state index is -0.160. The number of rotatable bonds is 2. The number of phenolic OH excluding ortho intramolecular Hbond substituents is 1. The third-order valence-corrected chi connectivity index (χ3v) is 3.92. The van der Waals surface area contributed by atoms with Crippen molar-refractivity contribution >= 4 is 23.2 Å². The second kappa shape index (κ2) is 5.81. The molecule has 0 unspecified atom stereocenters. The van der Waals surface area contributed by atoms with Gasteiger partial charge in [-0.15, -0.1) is 0 Å². The Morgan fingerprint density at radius 1 is 1.27 bits per heavy atom. The van der Waals surface area contributed by atoms with E-state index in [1.165, 1.54) is 18.0 Å². The van der Waals surface area contributed by atoms with Gasteiger partial charge in [0.2, 0.25) is 5.91 Å². The van der Waals surface area contributed by atoms with Crippen molar-refractivity contribution in [3.05, 3.63) is 64.7 Å². The average molecular weight is 315 g/mol. The first-order valence-electron chi connectivity index (χ1n) is 6.97. The minimum Gasteiger partial charge on any atom is -0.507 e. The van der Waals surface area contributed by atoms with Gasteiger partial charge in [0.25, 0.3) is 0 Å². The fraction of sp³-hybridized carbons (Fsp3) is 0.176. The molecule has 5 heteroatoms. The smallest absolute Gasteiger partial charge is 0.240 e. The van der Waals surface area contributed by atoms with Gasteiger partial charge in [0.15, 0.2) is 0 Å². The number of carbonyl (C=O) groups excluding carboxylic acids is 1. The van der Waals surface area contributed by atoms with Crippen LogP contribution in [0.15, 0.2) is 53.6 Å². The summed E-state index contributed by atoms with van der Waals surface area (Å²) in [4.78, 5) is 11.9. The lowest BCUT2D eigenvalue weighted by Gasteiger charge is -2.20. The first-order chi connectivity index (χ1) is 10.6. The van der Waals surface area contributed by atoms with Gasteiger partial charge in [-0.1, -0.05) is 41.9 Å². The van der Waals surface area contributed by atoms with Crippen LogP contribution in [-0.4, -0.2) is 21.7 Å². The van der Waals surface area contributed by atoms with Gasteiger partial charge < -0.3 is 5.11 Å². The number of nitrogens with zero attached hydrogens (tertiary/aromatic N) is 2. The Bertz CT molecular complexity index is 744. The molecule has 0 saturated heterocycles. The molecule has 2 aromatic rings. The lowest BCUT2D eigenvalue weighted by molar-refractivity contribution is -0.130. The summed E-state index contributed by atoms with van der Waals surface area (Å²) >= 11 is 6.00. The number of halogens is 1. The molecule has 1 heterocycles. The lowest BCUT2D eigenvalue weighted by atomic mass is 9.98. The van der Waals surface area contributed by atoms with E-state index in [9.17, 15) is 9.90 Å². The SMILES string of the molecule is CC(=O)N1N=C(c2cc(Cl)ccc2O)C[C@@H]1c1ccccc1. The maximum Gasteiger partial charge on any atom is 0.240 e. The van der Waals surface area contributed by atoms with Gasteiger partial charge in [-0.2, -0.15) is 5.10 Å². The molecule has 22 heavy (non-hydrogen) atoms. The summed E-state index contributed by atoms with van der Waals surface area (Å²) in [5.74, 6) is -0.0225. The van der Waals surface area contributed by atoms with Crippen LogP contribution in [0.25, 0.3) is 0 Å². The van der Waals surface area contributed by atoms with Crippen molar-refractivity contribution < 1.29 is 9.90 Å². The maximum atomic E-state index is 11.9. The van der Waals surface area contributed by atoms with E-state index in [1.807, 2.05) is 30.3 Å². The number of hydrogen-bond acceptors (Lipinski definition) is 3. The van der Waals surface area contributed by atoms with E-state index >= 15 is 0 Å². The van der Waals surface area contributed by atoms with Gasteiger partial charge in [-0.25, -0.2) is 5.01 Å². The molecule has 112 valence electrons. The summed E-state index contributed by atoms with van der Waals surface area (Å²) in [6.07, 6.45) is 0.539. The predicted molar refractivity (Wildman–Crippen MR) is 86.0 cm³/mol. The van der Waals surface area contributed by atoms with E-state index in [0.717, 1.165) is 5.56 Å². The van der Waals surface area contributed by atoms with E-state index < -0.39 is 0 Å². The maximum absolute atomic E-state index is 11.9.